The third-order valence-electron chi connectivity index (χ3n) is 7.88. The van der Waals surface area contributed by atoms with Crippen molar-refractivity contribution in [2.24, 2.45) is 11.8 Å². The van der Waals surface area contributed by atoms with Gasteiger partial charge in [0.2, 0.25) is 5.88 Å². The molecule has 1 saturated heterocycles. The van der Waals surface area contributed by atoms with Crippen molar-refractivity contribution < 1.29 is 9.57 Å². The van der Waals surface area contributed by atoms with Crippen LogP contribution >= 0.6 is 0 Å². The van der Waals surface area contributed by atoms with Crippen LogP contribution in [0.1, 0.15) is 92.7 Å². The predicted octanol–water partition coefficient (Wildman–Crippen LogP) is 6.15. The molecule has 0 radical (unpaired) electrons. The Bertz CT molecular complexity index is 673. The van der Waals surface area contributed by atoms with Gasteiger partial charge in [-0.3, -0.25) is 4.84 Å². The molecule has 0 amide bonds. The number of pyridine rings is 1. The maximum atomic E-state index is 6.81. The number of fused-ring (bicyclic) bond motifs is 1. The summed E-state index contributed by atoms with van der Waals surface area (Å²) < 4.78 is 5.75. The summed E-state index contributed by atoms with van der Waals surface area (Å²) in [7, 11) is 0. The Morgan fingerprint density at radius 1 is 1.10 bits per heavy atom. The van der Waals surface area contributed by atoms with Gasteiger partial charge in [0.25, 0.3) is 0 Å². The molecule has 29 heavy (non-hydrogen) atoms. The summed E-state index contributed by atoms with van der Waals surface area (Å²) in [5.41, 5.74) is 1.26. The van der Waals surface area contributed by atoms with E-state index in [2.05, 4.69) is 58.7 Å². The second kappa shape index (κ2) is 8.93. The molecule has 3 rings (SSSR count). The number of rotatable bonds is 8. The first kappa shape index (κ1) is 22.6. The molecule has 0 aromatic carbocycles. The molecular weight excluding hydrogens is 360 g/mol. The fourth-order valence-electron chi connectivity index (χ4n) is 6.15. The molecule has 1 aromatic rings. The van der Waals surface area contributed by atoms with E-state index in [1.807, 2.05) is 13.0 Å². The Labute approximate surface area is 178 Å². The summed E-state index contributed by atoms with van der Waals surface area (Å²) in [6, 6.07) is 7.26. The van der Waals surface area contributed by atoms with Gasteiger partial charge in [-0.25, -0.2) is 4.98 Å². The van der Waals surface area contributed by atoms with Crippen molar-refractivity contribution in [3.8, 4) is 5.88 Å². The van der Waals surface area contributed by atoms with Crippen LogP contribution in [0.25, 0.3) is 0 Å². The van der Waals surface area contributed by atoms with E-state index in [0.29, 0.717) is 30.5 Å². The van der Waals surface area contributed by atoms with E-state index < -0.39 is 0 Å². The van der Waals surface area contributed by atoms with E-state index in [1.165, 1.54) is 18.5 Å². The summed E-state index contributed by atoms with van der Waals surface area (Å²) >= 11 is 0. The number of ether oxygens (including phenoxy) is 1. The molecule has 1 aliphatic heterocycles. The van der Waals surface area contributed by atoms with Crippen molar-refractivity contribution in [3.05, 3.63) is 23.9 Å². The highest BCUT2D eigenvalue weighted by molar-refractivity contribution is 5.26. The monoisotopic (exact) mass is 402 g/mol. The molecule has 4 atom stereocenters. The zero-order chi connectivity index (χ0) is 21.2. The molecule has 2 heterocycles. The first-order chi connectivity index (χ1) is 13.9. The summed E-state index contributed by atoms with van der Waals surface area (Å²) in [5.74, 6) is 1.92. The van der Waals surface area contributed by atoms with Crippen LogP contribution in [-0.2, 0) is 10.3 Å². The normalized spacial score (nSPS) is 31.8. The molecule has 2 aliphatic rings. The highest BCUT2D eigenvalue weighted by Gasteiger charge is 2.60. The standard InChI is InChI=1S/C25H42N2O2/c1-8-19-16-24(9-2,21-14-13-15-22(26-21)28-12-5)17-20-23(19)27(18(6)7)29-25(20,10-3)11-4/h13-15,18-20,23H,8-12,16-17H2,1-7H3/t19-,20+,23+,24+/m0/s1. The van der Waals surface area contributed by atoms with Crippen LogP contribution in [0.2, 0.25) is 0 Å². The van der Waals surface area contributed by atoms with Gasteiger partial charge < -0.3 is 4.74 Å². The minimum absolute atomic E-state index is 0.0548. The topological polar surface area (TPSA) is 34.6 Å². The average Bonchev–Trinajstić information content (AvgIpc) is 3.08. The Hall–Kier alpha value is -1.13. The van der Waals surface area contributed by atoms with Gasteiger partial charge in [0, 0.05) is 29.5 Å². The summed E-state index contributed by atoms with van der Waals surface area (Å²) in [6.07, 6.45) is 6.76. The van der Waals surface area contributed by atoms with Crippen LogP contribution < -0.4 is 4.74 Å². The quantitative estimate of drug-likeness (QED) is 0.522. The predicted molar refractivity (Wildman–Crippen MR) is 119 cm³/mol. The van der Waals surface area contributed by atoms with Gasteiger partial charge >= 0.3 is 0 Å². The van der Waals surface area contributed by atoms with Gasteiger partial charge in [-0.15, -0.1) is 0 Å². The van der Waals surface area contributed by atoms with Crippen molar-refractivity contribution in [2.75, 3.05) is 6.61 Å². The number of hydrogen-bond donors (Lipinski definition) is 0. The van der Waals surface area contributed by atoms with Crippen molar-refractivity contribution in [3.63, 3.8) is 0 Å². The number of hydroxylamine groups is 2. The van der Waals surface area contributed by atoms with Crippen molar-refractivity contribution in [1.82, 2.24) is 10.0 Å². The van der Waals surface area contributed by atoms with Crippen molar-refractivity contribution in [1.29, 1.82) is 0 Å². The molecule has 0 bridgehead atoms. The lowest BCUT2D eigenvalue weighted by Crippen LogP contribution is -2.52. The number of nitrogens with zero attached hydrogens (tertiary/aromatic N) is 2. The average molecular weight is 403 g/mol. The van der Waals surface area contributed by atoms with Gasteiger partial charge in [-0.05, 0) is 64.9 Å². The van der Waals surface area contributed by atoms with Crippen molar-refractivity contribution in [2.45, 2.75) is 110 Å². The third kappa shape index (κ3) is 3.83. The zero-order valence-electron chi connectivity index (χ0n) is 19.7. The van der Waals surface area contributed by atoms with Crippen LogP contribution in [0.15, 0.2) is 18.2 Å². The summed E-state index contributed by atoms with van der Waals surface area (Å²) in [5, 5.41) is 2.37. The maximum absolute atomic E-state index is 6.81. The van der Waals surface area contributed by atoms with Crippen molar-refractivity contribution >= 4 is 0 Å². The highest BCUT2D eigenvalue weighted by atomic mass is 16.7. The van der Waals surface area contributed by atoms with E-state index in [4.69, 9.17) is 14.6 Å². The SMILES string of the molecule is CCOc1cccc([C@]2(CC)C[C@H](CC)[C@@H]3[C@@H](C2)C(CC)(CC)ON3C(C)C)n1. The fraction of sp³-hybridized carbons (Fsp3) is 0.800. The van der Waals surface area contributed by atoms with Crippen LogP contribution in [0.5, 0.6) is 5.88 Å². The molecule has 4 heteroatoms. The van der Waals surface area contributed by atoms with Crippen LogP contribution in [0.3, 0.4) is 0 Å². The van der Waals surface area contributed by atoms with Crippen LogP contribution in [0.4, 0.5) is 0 Å². The van der Waals surface area contributed by atoms with Gasteiger partial charge in [-0.2, -0.15) is 5.06 Å². The summed E-state index contributed by atoms with van der Waals surface area (Å²) in [4.78, 5) is 11.8. The lowest BCUT2D eigenvalue weighted by Gasteiger charge is -2.49. The second-order valence-electron chi connectivity index (χ2n) is 9.42. The molecule has 0 spiro atoms. The van der Waals surface area contributed by atoms with Crippen LogP contribution in [-0.4, -0.2) is 34.3 Å². The molecule has 0 unspecified atom stereocenters. The lowest BCUT2D eigenvalue weighted by atomic mass is 9.56. The number of aromatic nitrogens is 1. The molecule has 4 nitrogen and oxygen atoms in total. The van der Waals surface area contributed by atoms with E-state index in [-0.39, 0.29) is 11.0 Å². The minimum Gasteiger partial charge on any atom is -0.478 e. The van der Waals surface area contributed by atoms with E-state index >= 15 is 0 Å². The lowest BCUT2D eigenvalue weighted by molar-refractivity contribution is -0.229. The zero-order valence-corrected chi connectivity index (χ0v) is 19.7. The molecule has 164 valence electrons. The van der Waals surface area contributed by atoms with Gasteiger partial charge in [0.15, 0.2) is 0 Å². The molecular formula is C25H42N2O2. The molecule has 1 aromatic heterocycles. The molecule has 0 N–H and O–H groups in total. The van der Waals surface area contributed by atoms with E-state index in [9.17, 15) is 0 Å². The van der Waals surface area contributed by atoms with Gasteiger partial charge in [0.05, 0.1) is 17.9 Å². The maximum Gasteiger partial charge on any atom is 0.213 e. The Morgan fingerprint density at radius 2 is 1.83 bits per heavy atom. The summed E-state index contributed by atoms with van der Waals surface area (Å²) in [6.45, 7) is 16.5. The van der Waals surface area contributed by atoms with Gasteiger partial charge in [0.1, 0.15) is 0 Å². The molecule has 2 fully saturated rings. The third-order valence-corrected chi connectivity index (χ3v) is 7.88. The number of hydrogen-bond acceptors (Lipinski definition) is 4. The smallest absolute Gasteiger partial charge is 0.213 e. The Kier molecular flexibility index (Phi) is 6.95. The Balaban J connectivity index is 2.06. The highest BCUT2D eigenvalue weighted by Crippen LogP contribution is 2.57. The first-order valence-corrected chi connectivity index (χ1v) is 12.0. The minimum atomic E-state index is -0.0548. The van der Waals surface area contributed by atoms with E-state index in [0.717, 1.165) is 31.6 Å². The van der Waals surface area contributed by atoms with Crippen LogP contribution in [0, 0.1) is 11.8 Å². The Morgan fingerprint density at radius 3 is 2.38 bits per heavy atom. The first-order valence-electron chi connectivity index (χ1n) is 12.0. The molecule has 1 aliphatic carbocycles. The van der Waals surface area contributed by atoms with Gasteiger partial charge in [-0.1, -0.05) is 40.2 Å². The largest absolute Gasteiger partial charge is 0.478 e. The second-order valence-corrected chi connectivity index (χ2v) is 9.42. The fourth-order valence-corrected chi connectivity index (χ4v) is 6.15. The molecule has 1 saturated carbocycles. The van der Waals surface area contributed by atoms with E-state index in [1.54, 1.807) is 0 Å².